The largest absolute Gasteiger partial charge is 0.394 e. The summed E-state index contributed by atoms with van der Waals surface area (Å²) in [5, 5.41) is 16.0. The number of aliphatic hydroxyl groups excluding tert-OH is 1. The van der Waals surface area contributed by atoms with Gasteiger partial charge in [0.25, 0.3) is 5.91 Å². The molecule has 0 unspecified atom stereocenters. The number of anilines is 1. The van der Waals surface area contributed by atoms with Gasteiger partial charge in [-0.05, 0) is 49.4 Å². The molecule has 1 saturated heterocycles. The highest BCUT2D eigenvalue weighted by Crippen LogP contribution is 2.24. The quantitative estimate of drug-likeness (QED) is 0.785. The van der Waals surface area contributed by atoms with Crippen molar-refractivity contribution in [2.75, 3.05) is 31.7 Å². The Hall–Kier alpha value is -1.59. The Kier molecular flexibility index (Phi) is 4.12. The molecule has 0 saturated carbocycles. The predicted octanol–water partition coefficient (Wildman–Crippen LogP) is 1.32. The highest BCUT2D eigenvalue weighted by molar-refractivity contribution is 5.95. The molecule has 5 nitrogen and oxygen atoms in total. The fourth-order valence-electron chi connectivity index (χ4n) is 3.01. The molecule has 1 fully saturated rings. The Morgan fingerprint density at radius 2 is 2.19 bits per heavy atom. The van der Waals surface area contributed by atoms with Crippen molar-refractivity contribution in [2.45, 2.75) is 31.2 Å². The first-order chi connectivity index (χ1) is 10.2. The highest BCUT2D eigenvalue weighted by Gasteiger charge is 2.33. The Morgan fingerprint density at radius 1 is 1.38 bits per heavy atom. The molecular formula is C16H22N2O3. The molecule has 21 heavy (non-hydrogen) atoms. The lowest BCUT2D eigenvalue weighted by atomic mass is 9.90. The van der Waals surface area contributed by atoms with Gasteiger partial charge in [-0.2, -0.15) is 0 Å². The maximum absolute atomic E-state index is 12.5. The van der Waals surface area contributed by atoms with Crippen LogP contribution in [0.15, 0.2) is 18.2 Å². The molecule has 0 atom stereocenters. The van der Waals surface area contributed by atoms with E-state index >= 15 is 0 Å². The van der Waals surface area contributed by atoms with Gasteiger partial charge in [-0.1, -0.05) is 0 Å². The van der Waals surface area contributed by atoms with Crippen LogP contribution in [0.5, 0.6) is 0 Å². The molecule has 2 heterocycles. The van der Waals surface area contributed by atoms with E-state index in [1.54, 1.807) is 0 Å². The summed E-state index contributed by atoms with van der Waals surface area (Å²) in [7, 11) is 0. The van der Waals surface area contributed by atoms with E-state index in [1.165, 1.54) is 5.56 Å². The first-order valence-electron chi connectivity index (χ1n) is 7.60. The molecule has 1 aromatic carbocycles. The monoisotopic (exact) mass is 290 g/mol. The van der Waals surface area contributed by atoms with Crippen molar-refractivity contribution in [2.24, 2.45) is 0 Å². The van der Waals surface area contributed by atoms with Crippen LogP contribution in [0.2, 0.25) is 0 Å². The molecule has 0 radical (unpaired) electrons. The molecule has 5 heteroatoms. The second-order valence-electron chi connectivity index (χ2n) is 5.91. The van der Waals surface area contributed by atoms with Crippen molar-refractivity contribution in [3.05, 3.63) is 29.3 Å². The van der Waals surface area contributed by atoms with Crippen LogP contribution in [-0.4, -0.2) is 42.9 Å². The molecule has 0 spiro atoms. The van der Waals surface area contributed by atoms with Crippen LogP contribution in [0.25, 0.3) is 0 Å². The SMILES string of the molecule is O=C(NC1(CO)CCOCC1)c1ccc2c(c1)CCCN2. The van der Waals surface area contributed by atoms with Crippen molar-refractivity contribution >= 4 is 11.6 Å². The van der Waals surface area contributed by atoms with E-state index in [2.05, 4.69) is 10.6 Å². The number of carbonyl (C=O) groups is 1. The fraction of sp³-hybridized carbons (Fsp3) is 0.562. The minimum atomic E-state index is -0.538. The molecule has 0 bridgehead atoms. The number of ether oxygens (including phenoxy) is 1. The lowest BCUT2D eigenvalue weighted by Crippen LogP contribution is -2.54. The summed E-state index contributed by atoms with van der Waals surface area (Å²) in [6.07, 6.45) is 3.40. The van der Waals surface area contributed by atoms with Crippen LogP contribution >= 0.6 is 0 Å². The highest BCUT2D eigenvalue weighted by atomic mass is 16.5. The number of benzene rings is 1. The minimum absolute atomic E-state index is 0.0470. The van der Waals surface area contributed by atoms with Crippen LogP contribution in [0.1, 0.15) is 35.2 Å². The molecule has 114 valence electrons. The molecule has 2 aliphatic heterocycles. The molecule has 0 aliphatic carbocycles. The van der Waals surface area contributed by atoms with E-state index in [0.717, 1.165) is 25.1 Å². The maximum atomic E-state index is 12.5. The van der Waals surface area contributed by atoms with E-state index in [4.69, 9.17) is 4.74 Å². The van der Waals surface area contributed by atoms with Crippen LogP contribution in [0.4, 0.5) is 5.69 Å². The van der Waals surface area contributed by atoms with Crippen LogP contribution in [0.3, 0.4) is 0 Å². The Bertz CT molecular complexity index is 524. The number of amides is 1. The summed E-state index contributed by atoms with van der Waals surface area (Å²) in [5.74, 6) is -0.112. The Balaban J connectivity index is 1.75. The maximum Gasteiger partial charge on any atom is 0.251 e. The number of aliphatic hydroxyl groups is 1. The summed E-state index contributed by atoms with van der Waals surface area (Å²) >= 11 is 0. The number of hydrogen-bond acceptors (Lipinski definition) is 4. The van der Waals surface area contributed by atoms with Crippen LogP contribution in [0, 0.1) is 0 Å². The number of rotatable bonds is 3. The normalized spacial score (nSPS) is 20.2. The van der Waals surface area contributed by atoms with Crippen LogP contribution < -0.4 is 10.6 Å². The second-order valence-corrected chi connectivity index (χ2v) is 5.91. The zero-order chi connectivity index (χ0) is 14.7. The average molecular weight is 290 g/mol. The predicted molar refractivity (Wildman–Crippen MR) is 80.6 cm³/mol. The Morgan fingerprint density at radius 3 is 2.95 bits per heavy atom. The van der Waals surface area contributed by atoms with Gasteiger partial charge in [0.05, 0.1) is 12.1 Å². The van der Waals surface area contributed by atoms with E-state index < -0.39 is 5.54 Å². The molecular weight excluding hydrogens is 268 g/mol. The van der Waals surface area contributed by atoms with Gasteiger partial charge >= 0.3 is 0 Å². The van der Waals surface area contributed by atoms with E-state index in [9.17, 15) is 9.90 Å². The zero-order valence-electron chi connectivity index (χ0n) is 12.2. The standard InChI is InChI=1S/C16H22N2O3/c19-11-16(5-8-21-9-6-16)18-15(20)13-3-4-14-12(10-13)2-1-7-17-14/h3-4,10,17,19H,1-2,5-9,11H2,(H,18,20). The van der Waals surface area contributed by atoms with Crippen LogP contribution in [-0.2, 0) is 11.2 Å². The summed E-state index contributed by atoms with van der Waals surface area (Å²) in [6, 6.07) is 5.77. The van der Waals surface area contributed by atoms with Crippen molar-refractivity contribution < 1.29 is 14.6 Å². The second kappa shape index (κ2) is 6.03. The van der Waals surface area contributed by atoms with Gasteiger partial charge in [0.1, 0.15) is 0 Å². The third-order valence-electron chi connectivity index (χ3n) is 4.44. The minimum Gasteiger partial charge on any atom is -0.394 e. The van der Waals surface area contributed by atoms with Crippen molar-refractivity contribution in [3.63, 3.8) is 0 Å². The van der Waals surface area contributed by atoms with E-state index in [-0.39, 0.29) is 12.5 Å². The zero-order valence-corrected chi connectivity index (χ0v) is 12.2. The molecule has 3 rings (SSSR count). The van der Waals surface area contributed by atoms with Gasteiger partial charge in [-0.15, -0.1) is 0 Å². The molecule has 2 aliphatic rings. The first kappa shape index (κ1) is 14.4. The lowest BCUT2D eigenvalue weighted by molar-refractivity contribution is 0.0125. The van der Waals surface area contributed by atoms with Crippen molar-refractivity contribution in [1.29, 1.82) is 0 Å². The summed E-state index contributed by atoms with van der Waals surface area (Å²) in [4.78, 5) is 12.5. The molecule has 1 amide bonds. The average Bonchev–Trinajstić information content (AvgIpc) is 2.55. The van der Waals surface area contributed by atoms with E-state index in [0.29, 0.717) is 31.6 Å². The number of hydrogen-bond donors (Lipinski definition) is 3. The molecule has 0 aromatic heterocycles. The number of nitrogens with one attached hydrogen (secondary N) is 2. The topological polar surface area (TPSA) is 70.6 Å². The van der Waals surface area contributed by atoms with Gasteiger partial charge < -0.3 is 20.5 Å². The smallest absolute Gasteiger partial charge is 0.251 e. The van der Waals surface area contributed by atoms with Gasteiger partial charge in [0.15, 0.2) is 0 Å². The third kappa shape index (κ3) is 3.04. The third-order valence-corrected chi connectivity index (χ3v) is 4.44. The summed E-state index contributed by atoms with van der Waals surface area (Å²) < 4.78 is 5.32. The lowest BCUT2D eigenvalue weighted by Gasteiger charge is -2.36. The van der Waals surface area contributed by atoms with Gasteiger partial charge in [0.2, 0.25) is 0 Å². The van der Waals surface area contributed by atoms with Crippen molar-refractivity contribution in [3.8, 4) is 0 Å². The number of aryl methyl sites for hydroxylation is 1. The molecule has 3 N–H and O–H groups in total. The summed E-state index contributed by atoms with van der Waals surface area (Å²) in [6.45, 7) is 2.10. The fourth-order valence-corrected chi connectivity index (χ4v) is 3.01. The van der Waals surface area contributed by atoms with Crippen molar-refractivity contribution in [1.82, 2.24) is 5.32 Å². The Labute approximate surface area is 124 Å². The van der Waals surface area contributed by atoms with Gasteiger partial charge in [-0.25, -0.2) is 0 Å². The molecule has 1 aromatic rings. The van der Waals surface area contributed by atoms with E-state index in [1.807, 2.05) is 18.2 Å². The first-order valence-corrected chi connectivity index (χ1v) is 7.60. The number of fused-ring (bicyclic) bond motifs is 1. The van der Waals surface area contributed by atoms with Gasteiger partial charge in [-0.3, -0.25) is 4.79 Å². The number of carbonyl (C=O) groups excluding carboxylic acids is 1. The van der Waals surface area contributed by atoms with Gasteiger partial charge in [0, 0.05) is 31.0 Å². The summed E-state index contributed by atoms with van der Waals surface area (Å²) in [5.41, 5.74) is 2.44.